The van der Waals surface area contributed by atoms with E-state index < -0.39 is 15.7 Å². The first-order chi connectivity index (χ1) is 11.8. The fourth-order valence-corrected chi connectivity index (χ4v) is 2.86. The number of nitrogens with one attached hydrogen (secondary N) is 1. The minimum Gasteiger partial charge on any atom is -0.403 e. The number of aromatic nitrogens is 2. The molecule has 0 fully saturated rings. The molecule has 1 heterocycles. The highest BCUT2D eigenvalue weighted by atomic mass is 35.5. The first kappa shape index (κ1) is 17.1. The second kappa shape index (κ2) is 6.66. The van der Waals surface area contributed by atoms with E-state index in [1.54, 1.807) is 24.3 Å². The summed E-state index contributed by atoms with van der Waals surface area (Å²) in [7, 11) is -3.32. The Bertz CT molecular complexity index is 1030. The van der Waals surface area contributed by atoms with Crippen molar-refractivity contribution in [3.63, 3.8) is 0 Å². The highest BCUT2D eigenvalue weighted by Crippen LogP contribution is 2.23. The summed E-state index contributed by atoms with van der Waals surface area (Å²) in [5.74, 6) is -0.286. The van der Waals surface area contributed by atoms with E-state index in [1.807, 2.05) is 0 Å². The highest BCUT2D eigenvalue weighted by molar-refractivity contribution is 7.90. The van der Waals surface area contributed by atoms with Crippen LogP contribution in [0.25, 0.3) is 11.5 Å². The number of carbonyl (C=O) groups excluding carboxylic acids is 1. The van der Waals surface area contributed by atoms with Crippen molar-refractivity contribution in [1.82, 2.24) is 10.2 Å². The summed E-state index contributed by atoms with van der Waals surface area (Å²) in [4.78, 5) is 12.3. The maximum atomic E-state index is 12.2. The molecule has 0 aliphatic heterocycles. The van der Waals surface area contributed by atoms with Crippen LogP contribution in [0.5, 0.6) is 0 Å². The Hall–Kier alpha value is -2.71. The minimum absolute atomic E-state index is 0.0767. The monoisotopic (exact) mass is 377 g/mol. The van der Waals surface area contributed by atoms with Gasteiger partial charge < -0.3 is 4.42 Å². The van der Waals surface area contributed by atoms with Crippen LogP contribution in [-0.4, -0.2) is 30.8 Å². The van der Waals surface area contributed by atoms with Crippen molar-refractivity contribution in [2.75, 3.05) is 11.6 Å². The molecule has 25 heavy (non-hydrogen) atoms. The predicted molar refractivity (Wildman–Crippen MR) is 92.2 cm³/mol. The maximum absolute atomic E-state index is 12.2. The number of benzene rings is 2. The van der Waals surface area contributed by atoms with Gasteiger partial charge in [0.2, 0.25) is 5.89 Å². The van der Waals surface area contributed by atoms with Crippen molar-refractivity contribution < 1.29 is 17.6 Å². The third kappa shape index (κ3) is 4.04. The first-order valence-corrected chi connectivity index (χ1v) is 9.31. The van der Waals surface area contributed by atoms with Gasteiger partial charge in [-0.05, 0) is 42.5 Å². The predicted octanol–water partition coefficient (Wildman–Crippen LogP) is 3.05. The molecule has 0 saturated carbocycles. The molecule has 2 aromatic carbocycles. The summed E-state index contributed by atoms with van der Waals surface area (Å²) in [6, 6.07) is 12.3. The summed E-state index contributed by atoms with van der Waals surface area (Å²) in [5.41, 5.74) is 0.882. The Labute approximate surface area is 148 Å². The summed E-state index contributed by atoms with van der Waals surface area (Å²) in [6.07, 6.45) is 1.10. The number of rotatable bonds is 4. The average Bonchev–Trinajstić information content (AvgIpc) is 3.03. The van der Waals surface area contributed by atoms with Crippen LogP contribution < -0.4 is 5.32 Å². The number of hydrogen-bond acceptors (Lipinski definition) is 6. The molecule has 1 N–H and O–H groups in total. The fraction of sp³-hybridized carbons (Fsp3) is 0.0625. The van der Waals surface area contributed by atoms with E-state index in [1.165, 1.54) is 24.3 Å². The topological polar surface area (TPSA) is 102 Å². The Morgan fingerprint density at radius 1 is 1.12 bits per heavy atom. The average molecular weight is 378 g/mol. The molecule has 0 saturated heterocycles. The van der Waals surface area contributed by atoms with Gasteiger partial charge in [-0.25, -0.2) is 8.42 Å². The molecule has 0 aliphatic carbocycles. The number of carbonyl (C=O) groups is 1. The van der Waals surface area contributed by atoms with E-state index in [0.29, 0.717) is 10.6 Å². The standard InChI is InChI=1S/C16H12ClN3O4S/c1-25(22,23)13-7-5-10(6-8-13)14(21)18-16-20-19-15(24-16)11-3-2-4-12(17)9-11/h2-9H,1H3,(H,18,20,21). The zero-order chi connectivity index (χ0) is 18.0. The second-order valence-corrected chi connectivity index (χ2v) is 7.63. The lowest BCUT2D eigenvalue weighted by Gasteiger charge is -2.02. The molecular formula is C16H12ClN3O4S. The lowest BCUT2D eigenvalue weighted by Crippen LogP contribution is -2.12. The molecule has 0 unspecified atom stereocenters. The molecule has 3 rings (SSSR count). The van der Waals surface area contributed by atoms with Gasteiger partial charge in [0.1, 0.15) is 0 Å². The Morgan fingerprint density at radius 3 is 2.48 bits per heavy atom. The van der Waals surface area contributed by atoms with Gasteiger partial charge in [0, 0.05) is 22.4 Å². The fourth-order valence-electron chi connectivity index (χ4n) is 2.03. The smallest absolute Gasteiger partial charge is 0.322 e. The number of sulfone groups is 1. The normalized spacial score (nSPS) is 11.3. The van der Waals surface area contributed by atoms with Crippen LogP contribution in [0.4, 0.5) is 6.01 Å². The third-order valence-electron chi connectivity index (χ3n) is 3.26. The lowest BCUT2D eigenvalue weighted by molar-refractivity contribution is 0.102. The number of anilines is 1. The zero-order valence-electron chi connectivity index (χ0n) is 12.9. The maximum Gasteiger partial charge on any atom is 0.322 e. The third-order valence-corrected chi connectivity index (χ3v) is 4.63. The van der Waals surface area contributed by atoms with Crippen LogP contribution in [0.15, 0.2) is 57.8 Å². The summed E-state index contributed by atoms with van der Waals surface area (Å²) >= 11 is 5.91. The van der Waals surface area contributed by atoms with Crippen molar-refractivity contribution in [2.24, 2.45) is 0 Å². The van der Waals surface area contributed by atoms with Gasteiger partial charge >= 0.3 is 6.01 Å². The first-order valence-electron chi connectivity index (χ1n) is 7.04. The van der Waals surface area contributed by atoms with Crippen LogP contribution in [0.2, 0.25) is 5.02 Å². The summed E-state index contributed by atoms with van der Waals surface area (Å²) in [5, 5.41) is 10.6. The highest BCUT2D eigenvalue weighted by Gasteiger charge is 2.14. The van der Waals surface area contributed by atoms with Crippen LogP contribution >= 0.6 is 11.6 Å². The quantitative estimate of drug-likeness (QED) is 0.749. The minimum atomic E-state index is -3.32. The number of hydrogen-bond donors (Lipinski definition) is 1. The molecule has 9 heteroatoms. The molecule has 7 nitrogen and oxygen atoms in total. The van der Waals surface area contributed by atoms with Crippen molar-refractivity contribution in [3.05, 3.63) is 59.1 Å². The van der Waals surface area contributed by atoms with E-state index in [2.05, 4.69) is 15.5 Å². The van der Waals surface area contributed by atoms with Gasteiger partial charge in [0.15, 0.2) is 9.84 Å². The summed E-state index contributed by atoms with van der Waals surface area (Å²) < 4.78 is 28.2. The van der Waals surface area contributed by atoms with E-state index in [0.717, 1.165) is 6.26 Å². The van der Waals surface area contributed by atoms with Gasteiger partial charge in [0.05, 0.1) is 4.90 Å². The Kier molecular flexibility index (Phi) is 4.56. The van der Waals surface area contributed by atoms with Gasteiger partial charge in [-0.3, -0.25) is 10.1 Å². The van der Waals surface area contributed by atoms with Crippen molar-refractivity contribution in [2.45, 2.75) is 4.90 Å². The van der Waals surface area contributed by atoms with Crippen LogP contribution in [0.1, 0.15) is 10.4 Å². The van der Waals surface area contributed by atoms with Crippen molar-refractivity contribution in [3.8, 4) is 11.5 Å². The van der Waals surface area contributed by atoms with Crippen molar-refractivity contribution >= 4 is 33.4 Å². The summed E-state index contributed by atoms with van der Waals surface area (Å²) in [6.45, 7) is 0. The molecular weight excluding hydrogens is 366 g/mol. The largest absolute Gasteiger partial charge is 0.403 e. The molecule has 0 spiro atoms. The SMILES string of the molecule is CS(=O)(=O)c1ccc(C(=O)Nc2nnc(-c3cccc(Cl)c3)o2)cc1. The van der Waals surface area contributed by atoms with E-state index in [-0.39, 0.29) is 22.4 Å². The van der Waals surface area contributed by atoms with Gasteiger partial charge in [0.25, 0.3) is 5.91 Å². The van der Waals surface area contributed by atoms with Gasteiger partial charge in [-0.1, -0.05) is 22.8 Å². The van der Waals surface area contributed by atoms with E-state index in [9.17, 15) is 13.2 Å². The Morgan fingerprint density at radius 2 is 1.84 bits per heavy atom. The van der Waals surface area contributed by atoms with Crippen LogP contribution in [0.3, 0.4) is 0 Å². The molecule has 3 aromatic rings. The number of halogens is 1. The van der Waals surface area contributed by atoms with Gasteiger partial charge in [-0.15, -0.1) is 5.10 Å². The molecule has 0 atom stereocenters. The van der Waals surface area contributed by atoms with Gasteiger partial charge in [-0.2, -0.15) is 0 Å². The second-order valence-electron chi connectivity index (χ2n) is 5.17. The molecule has 1 amide bonds. The number of nitrogens with zero attached hydrogens (tertiary/aromatic N) is 2. The molecule has 0 radical (unpaired) electrons. The van der Waals surface area contributed by atoms with Crippen LogP contribution in [-0.2, 0) is 9.84 Å². The Balaban J connectivity index is 1.75. The van der Waals surface area contributed by atoms with Crippen molar-refractivity contribution in [1.29, 1.82) is 0 Å². The number of amides is 1. The van der Waals surface area contributed by atoms with E-state index in [4.69, 9.17) is 16.0 Å². The lowest BCUT2D eigenvalue weighted by atomic mass is 10.2. The van der Waals surface area contributed by atoms with Crippen LogP contribution in [0, 0.1) is 0 Å². The molecule has 128 valence electrons. The van der Waals surface area contributed by atoms with E-state index >= 15 is 0 Å². The molecule has 0 bridgehead atoms. The molecule has 0 aliphatic rings. The zero-order valence-corrected chi connectivity index (χ0v) is 14.5. The molecule has 1 aromatic heterocycles.